The van der Waals surface area contributed by atoms with Gasteiger partial charge in [-0.3, -0.25) is 0 Å². The lowest BCUT2D eigenvalue weighted by atomic mass is 9.97. The Morgan fingerprint density at radius 3 is 1.75 bits per heavy atom. The zero-order chi connectivity index (χ0) is 24.3. The van der Waals surface area contributed by atoms with Crippen molar-refractivity contribution in [3.63, 3.8) is 0 Å². The summed E-state index contributed by atoms with van der Waals surface area (Å²) in [6.07, 6.45) is 4.70. The van der Waals surface area contributed by atoms with E-state index in [0.29, 0.717) is 0 Å². The Morgan fingerprint density at radius 1 is 0.556 bits per heavy atom. The number of rotatable bonds is 7. The second-order valence-electron chi connectivity index (χ2n) is 9.70. The lowest BCUT2D eigenvalue weighted by Crippen LogP contribution is -2.09. The smallest absolute Gasteiger partial charge is 0.0462 e. The van der Waals surface area contributed by atoms with Crippen LogP contribution in [0.1, 0.15) is 36.5 Å². The zero-order valence-electron chi connectivity index (χ0n) is 20.8. The molecule has 0 aromatic heterocycles. The van der Waals surface area contributed by atoms with Gasteiger partial charge in [-0.2, -0.15) is 0 Å². The van der Waals surface area contributed by atoms with Crippen molar-refractivity contribution < 1.29 is 0 Å². The van der Waals surface area contributed by atoms with Gasteiger partial charge in [0.15, 0.2) is 0 Å². The summed E-state index contributed by atoms with van der Waals surface area (Å²) >= 11 is 0. The molecule has 0 radical (unpaired) electrons. The van der Waals surface area contributed by atoms with Crippen LogP contribution < -0.4 is 4.90 Å². The fourth-order valence-electron chi connectivity index (χ4n) is 5.34. The minimum Gasteiger partial charge on any atom is -0.311 e. The number of para-hydroxylation sites is 2. The minimum absolute atomic E-state index is 1.04. The molecular formula is C35H31N. The number of hydrogen-bond donors (Lipinski definition) is 0. The fourth-order valence-corrected chi connectivity index (χ4v) is 5.34. The van der Waals surface area contributed by atoms with Crippen LogP contribution in [0.3, 0.4) is 0 Å². The summed E-state index contributed by atoms with van der Waals surface area (Å²) in [5.41, 5.74) is 13.2. The van der Waals surface area contributed by atoms with Gasteiger partial charge in [0, 0.05) is 17.1 Å². The summed E-state index contributed by atoms with van der Waals surface area (Å²) < 4.78 is 0. The van der Waals surface area contributed by atoms with Crippen molar-refractivity contribution in [2.45, 2.75) is 32.6 Å². The Morgan fingerprint density at radius 2 is 1.11 bits per heavy atom. The molecule has 0 amide bonds. The van der Waals surface area contributed by atoms with E-state index in [9.17, 15) is 0 Å². The highest BCUT2D eigenvalue weighted by molar-refractivity contribution is 5.83. The van der Waals surface area contributed by atoms with Crippen LogP contribution in [0, 0.1) is 0 Å². The summed E-state index contributed by atoms with van der Waals surface area (Å²) in [4.78, 5) is 2.31. The van der Waals surface area contributed by atoms with Gasteiger partial charge >= 0.3 is 0 Å². The van der Waals surface area contributed by atoms with Crippen LogP contribution in [-0.2, 0) is 12.8 Å². The molecule has 0 atom stereocenters. The van der Waals surface area contributed by atoms with Crippen LogP contribution in [0.25, 0.3) is 22.3 Å². The quantitative estimate of drug-likeness (QED) is 0.227. The Hall–Kier alpha value is -4.10. The topological polar surface area (TPSA) is 3.24 Å². The van der Waals surface area contributed by atoms with Gasteiger partial charge < -0.3 is 4.90 Å². The van der Waals surface area contributed by atoms with Gasteiger partial charge in [0.2, 0.25) is 0 Å². The Balaban J connectivity index is 1.33. The highest BCUT2D eigenvalue weighted by Gasteiger charge is 2.19. The molecule has 1 aliphatic carbocycles. The third-order valence-electron chi connectivity index (χ3n) is 7.26. The number of unbranched alkanes of at least 4 members (excludes halogenated alkanes) is 1. The van der Waals surface area contributed by atoms with Crippen molar-refractivity contribution in [3.05, 3.63) is 138 Å². The maximum absolute atomic E-state index is 2.43. The zero-order valence-corrected chi connectivity index (χ0v) is 20.8. The van der Waals surface area contributed by atoms with E-state index in [1.807, 2.05) is 0 Å². The first-order chi connectivity index (χ1) is 17.8. The van der Waals surface area contributed by atoms with Crippen molar-refractivity contribution in [2.24, 2.45) is 0 Å². The first-order valence-electron chi connectivity index (χ1n) is 13.1. The molecule has 0 spiro atoms. The highest BCUT2D eigenvalue weighted by Crippen LogP contribution is 2.40. The molecule has 0 heterocycles. The first kappa shape index (κ1) is 22.4. The van der Waals surface area contributed by atoms with Crippen LogP contribution in [0.15, 0.2) is 121 Å². The first-order valence-corrected chi connectivity index (χ1v) is 13.1. The lowest BCUT2D eigenvalue weighted by Gasteiger charge is -2.25. The molecule has 0 fully saturated rings. The summed E-state index contributed by atoms with van der Waals surface area (Å²) in [6.45, 7) is 2.26. The van der Waals surface area contributed by atoms with E-state index in [4.69, 9.17) is 0 Å². The fraction of sp³-hybridized carbons (Fsp3) is 0.143. The molecule has 1 aliphatic rings. The van der Waals surface area contributed by atoms with Gasteiger partial charge in [0.1, 0.15) is 0 Å². The molecule has 5 aromatic rings. The summed E-state index contributed by atoms with van der Waals surface area (Å²) in [6, 6.07) is 44.2. The standard InChI is InChI=1S/C35H31N/c1-2-3-10-26-15-16-29-24-30-18-17-28(25-35(30)34(29)23-26)27-19-21-33(22-20-27)36(31-11-6-4-7-12-31)32-13-8-5-9-14-32/h4-9,11-23,25H,2-3,10,24H2,1H3. The molecular weight excluding hydrogens is 434 g/mol. The molecule has 0 aliphatic heterocycles. The monoisotopic (exact) mass is 465 g/mol. The molecule has 0 saturated heterocycles. The Labute approximate surface area is 214 Å². The van der Waals surface area contributed by atoms with Crippen molar-refractivity contribution in [1.82, 2.24) is 0 Å². The molecule has 1 heteroatoms. The van der Waals surface area contributed by atoms with Gasteiger partial charge in [0.25, 0.3) is 0 Å². The van der Waals surface area contributed by atoms with Crippen LogP contribution in [0.5, 0.6) is 0 Å². The number of benzene rings is 5. The number of anilines is 3. The molecule has 0 saturated carbocycles. The number of hydrogen-bond acceptors (Lipinski definition) is 1. The van der Waals surface area contributed by atoms with E-state index in [1.54, 1.807) is 0 Å². The molecule has 36 heavy (non-hydrogen) atoms. The second kappa shape index (κ2) is 9.87. The van der Waals surface area contributed by atoms with Crippen molar-refractivity contribution in [3.8, 4) is 22.3 Å². The minimum atomic E-state index is 1.04. The number of aryl methyl sites for hydroxylation is 1. The van der Waals surface area contributed by atoms with Crippen molar-refractivity contribution >= 4 is 17.1 Å². The van der Waals surface area contributed by atoms with E-state index in [0.717, 1.165) is 23.5 Å². The van der Waals surface area contributed by atoms with Crippen molar-refractivity contribution in [1.29, 1.82) is 0 Å². The third-order valence-corrected chi connectivity index (χ3v) is 7.26. The van der Waals surface area contributed by atoms with E-state index in [-0.39, 0.29) is 0 Å². The molecule has 5 aromatic carbocycles. The summed E-state index contributed by atoms with van der Waals surface area (Å²) in [5.74, 6) is 0. The van der Waals surface area contributed by atoms with Crippen LogP contribution >= 0.6 is 0 Å². The summed E-state index contributed by atoms with van der Waals surface area (Å²) in [7, 11) is 0. The molecule has 0 N–H and O–H groups in total. The predicted molar refractivity (Wildman–Crippen MR) is 153 cm³/mol. The van der Waals surface area contributed by atoms with Gasteiger partial charge in [-0.1, -0.05) is 92.2 Å². The van der Waals surface area contributed by atoms with Gasteiger partial charge in [-0.25, -0.2) is 0 Å². The lowest BCUT2D eigenvalue weighted by molar-refractivity contribution is 0.795. The van der Waals surface area contributed by atoms with E-state index >= 15 is 0 Å². The van der Waals surface area contributed by atoms with Crippen LogP contribution in [-0.4, -0.2) is 0 Å². The highest BCUT2D eigenvalue weighted by atomic mass is 15.1. The van der Waals surface area contributed by atoms with Gasteiger partial charge in [-0.15, -0.1) is 0 Å². The van der Waals surface area contributed by atoms with E-state index < -0.39 is 0 Å². The second-order valence-corrected chi connectivity index (χ2v) is 9.70. The third kappa shape index (κ3) is 4.33. The summed E-state index contributed by atoms with van der Waals surface area (Å²) in [5, 5.41) is 0. The van der Waals surface area contributed by atoms with Crippen molar-refractivity contribution in [2.75, 3.05) is 4.90 Å². The molecule has 6 rings (SSSR count). The average molecular weight is 466 g/mol. The molecule has 1 nitrogen and oxygen atoms in total. The SMILES string of the molecule is CCCCc1ccc2c(c1)-c1cc(-c3ccc(N(c4ccccc4)c4ccccc4)cc3)ccc1C2. The maximum atomic E-state index is 2.43. The predicted octanol–water partition coefficient (Wildman–Crippen LogP) is 9.74. The average Bonchev–Trinajstić information content (AvgIpc) is 3.31. The normalized spacial score (nSPS) is 11.7. The number of fused-ring (bicyclic) bond motifs is 3. The maximum Gasteiger partial charge on any atom is 0.0462 e. The molecule has 0 unspecified atom stereocenters. The Kier molecular flexibility index (Phi) is 6.13. The number of nitrogens with zero attached hydrogens (tertiary/aromatic N) is 1. The molecule has 0 bridgehead atoms. The van der Waals surface area contributed by atoms with E-state index in [1.165, 1.54) is 58.2 Å². The van der Waals surface area contributed by atoms with Crippen LogP contribution in [0.2, 0.25) is 0 Å². The Bertz CT molecular complexity index is 1430. The van der Waals surface area contributed by atoms with Gasteiger partial charge in [0.05, 0.1) is 0 Å². The largest absolute Gasteiger partial charge is 0.311 e. The molecule has 176 valence electrons. The van der Waals surface area contributed by atoms with Gasteiger partial charge in [-0.05, 0) is 101 Å². The van der Waals surface area contributed by atoms with Crippen LogP contribution in [0.4, 0.5) is 17.1 Å². The van der Waals surface area contributed by atoms with E-state index in [2.05, 4.69) is 133 Å².